The van der Waals surface area contributed by atoms with E-state index in [1.807, 2.05) is 68.4 Å². The van der Waals surface area contributed by atoms with Gasteiger partial charge in [-0.2, -0.15) is 5.10 Å². The van der Waals surface area contributed by atoms with Crippen LogP contribution in [0.3, 0.4) is 0 Å². The van der Waals surface area contributed by atoms with Gasteiger partial charge >= 0.3 is 0 Å². The van der Waals surface area contributed by atoms with Crippen LogP contribution < -0.4 is 5.56 Å². The number of hydrogen-bond acceptors (Lipinski definition) is 4. The highest BCUT2D eigenvalue weighted by molar-refractivity contribution is 6.04. The van der Waals surface area contributed by atoms with Crippen LogP contribution in [0.15, 0.2) is 77.6 Å². The molecular formula is C25H24N4O2. The van der Waals surface area contributed by atoms with Gasteiger partial charge in [0.05, 0.1) is 17.6 Å². The van der Waals surface area contributed by atoms with Crippen molar-refractivity contribution in [1.82, 2.24) is 19.7 Å². The number of aromatic nitrogens is 3. The van der Waals surface area contributed by atoms with Crippen molar-refractivity contribution in [3.05, 3.63) is 106 Å². The molecule has 0 bridgehead atoms. The second kappa shape index (κ2) is 8.92. The summed E-state index contributed by atoms with van der Waals surface area (Å²) in [4.78, 5) is 32.7. The van der Waals surface area contributed by atoms with Crippen LogP contribution in [-0.4, -0.2) is 25.6 Å². The Kier molecular flexibility index (Phi) is 5.89. The molecule has 6 heteroatoms. The van der Waals surface area contributed by atoms with Crippen molar-refractivity contribution >= 4 is 16.7 Å². The first-order valence-electron chi connectivity index (χ1n) is 10.3. The number of amides is 1. The van der Waals surface area contributed by atoms with Crippen LogP contribution in [0.1, 0.15) is 34.4 Å². The third kappa shape index (κ3) is 4.38. The van der Waals surface area contributed by atoms with Gasteiger partial charge in [0.2, 0.25) is 0 Å². The van der Waals surface area contributed by atoms with Crippen LogP contribution in [-0.2, 0) is 19.6 Å². The van der Waals surface area contributed by atoms with E-state index in [0.717, 1.165) is 17.0 Å². The molecule has 0 aliphatic rings. The summed E-state index contributed by atoms with van der Waals surface area (Å²) in [6.07, 6.45) is 0. The van der Waals surface area contributed by atoms with Gasteiger partial charge in [-0.3, -0.25) is 14.6 Å². The molecule has 0 fully saturated rings. The molecule has 0 aliphatic heterocycles. The molecule has 0 saturated heterocycles. The lowest BCUT2D eigenvalue weighted by Crippen LogP contribution is -2.34. The molecule has 1 amide bonds. The summed E-state index contributed by atoms with van der Waals surface area (Å²) >= 11 is 0. The standard InChI is InChI=1S/C25H24N4O2/c1-3-29-24(30)22-15-8-7-14-21(22)23(27-29)25(31)28(16-19-11-5-4-6-12-19)17-20-13-9-10-18(2)26-20/h4-15H,3,16-17H2,1-2H3. The van der Waals surface area contributed by atoms with Gasteiger partial charge in [0.15, 0.2) is 5.69 Å². The summed E-state index contributed by atoms with van der Waals surface area (Å²) in [6, 6.07) is 22.8. The maximum Gasteiger partial charge on any atom is 0.275 e. The van der Waals surface area contributed by atoms with Crippen molar-refractivity contribution in [2.24, 2.45) is 0 Å². The molecule has 0 radical (unpaired) electrons. The van der Waals surface area contributed by atoms with Crippen LogP contribution in [0.2, 0.25) is 0 Å². The third-order valence-electron chi connectivity index (χ3n) is 5.17. The van der Waals surface area contributed by atoms with Crippen molar-refractivity contribution < 1.29 is 4.79 Å². The molecule has 2 heterocycles. The van der Waals surface area contributed by atoms with Crippen molar-refractivity contribution in [2.45, 2.75) is 33.5 Å². The first-order valence-corrected chi connectivity index (χ1v) is 10.3. The van der Waals surface area contributed by atoms with E-state index >= 15 is 0 Å². The predicted octanol–water partition coefficient (Wildman–Crippen LogP) is 3.96. The molecule has 0 N–H and O–H groups in total. The number of carbonyl (C=O) groups excluding carboxylic acids is 1. The van der Waals surface area contributed by atoms with Gasteiger partial charge in [-0.25, -0.2) is 4.68 Å². The second-order valence-corrected chi connectivity index (χ2v) is 7.43. The summed E-state index contributed by atoms with van der Waals surface area (Å²) in [6.45, 7) is 4.92. The zero-order chi connectivity index (χ0) is 21.8. The van der Waals surface area contributed by atoms with Crippen molar-refractivity contribution in [2.75, 3.05) is 0 Å². The van der Waals surface area contributed by atoms with E-state index in [1.54, 1.807) is 23.1 Å². The number of nitrogens with zero attached hydrogens (tertiary/aromatic N) is 4. The summed E-state index contributed by atoms with van der Waals surface area (Å²) in [5, 5.41) is 5.50. The van der Waals surface area contributed by atoms with Gasteiger partial charge in [0, 0.05) is 24.2 Å². The number of benzene rings is 2. The molecule has 0 spiro atoms. The van der Waals surface area contributed by atoms with Crippen LogP contribution in [0.4, 0.5) is 0 Å². The zero-order valence-electron chi connectivity index (χ0n) is 17.7. The number of aryl methyl sites for hydroxylation is 2. The average molecular weight is 412 g/mol. The zero-order valence-corrected chi connectivity index (χ0v) is 17.7. The first-order chi connectivity index (χ1) is 15.1. The SMILES string of the molecule is CCn1nc(C(=O)N(Cc2ccccc2)Cc2cccc(C)n2)c2ccccc2c1=O. The van der Waals surface area contributed by atoms with E-state index in [4.69, 9.17) is 0 Å². The molecule has 0 saturated carbocycles. The third-order valence-corrected chi connectivity index (χ3v) is 5.17. The molecular weight excluding hydrogens is 388 g/mol. The first kappa shape index (κ1) is 20.5. The lowest BCUT2D eigenvalue weighted by molar-refractivity contribution is 0.0721. The van der Waals surface area contributed by atoms with Gasteiger partial charge in [-0.05, 0) is 37.6 Å². The molecule has 2 aromatic heterocycles. The molecule has 0 unspecified atom stereocenters. The van der Waals surface area contributed by atoms with Gasteiger partial charge in [-0.1, -0.05) is 54.6 Å². The lowest BCUT2D eigenvalue weighted by atomic mass is 10.1. The summed E-state index contributed by atoms with van der Waals surface area (Å²) in [5.41, 5.74) is 2.80. The molecule has 4 rings (SSSR count). The van der Waals surface area contributed by atoms with Crippen LogP contribution in [0.5, 0.6) is 0 Å². The number of fused-ring (bicyclic) bond motifs is 1. The normalized spacial score (nSPS) is 10.9. The quantitative estimate of drug-likeness (QED) is 0.481. The van der Waals surface area contributed by atoms with Crippen LogP contribution in [0, 0.1) is 6.92 Å². The number of hydrogen-bond donors (Lipinski definition) is 0. The topological polar surface area (TPSA) is 68.1 Å². The lowest BCUT2D eigenvalue weighted by Gasteiger charge is -2.23. The highest BCUT2D eigenvalue weighted by atomic mass is 16.2. The number of rotatable bonds is 6. The molecule has 0 aliphatic carbocycles. The van der Waals surface area contributed by atoms with E-state index in [0.29, 0.717) is 30.4 Å². The van der Waals surface area contributed by atoms with Gasteiger partial charge in [0.1, 0.15) is 0 Å². The van der Waals surface area contributed by atoms with E-state index < -0.39 is 0 Å². The fourth-order valence-electron chi connectivity index (χ4n) is 3.64. The Balaban J connectivity index is 1.80. The highest BCUT2D eigenvalue weighted by Gasteiger charge is 2.23. The molecule has 2 aromatic carbocycles. The Morgan fingerprint density at radius 3 is 2.32 bits per heavy atom. The largest absolute Gasteiger partial charge is 0.327 e. The Labute approximate surface area is 180 Å². The molecule has 31 heavy (non-hydrogen) atoms. The molecule has 6 nitrogen and oxygen atoms in total. The summed E-state index contributed by atoms with van der Waals surface area (Å²) in [5.74, 6) is -0.231. The minimum absolute atomic E-state index is 0.190. The van der Waals surface area contributed by atoms with E-state index in [9.17, 15) is 9.59 Å². The fraction of sp³-hybridized carbons (Fsp3) is 0.200. The smallest absolute Gasteiger partial charge is 0.275 e. The van der Waals surface area contributed by atoms with Crippen molar-refractivity contribution in [1.29, 1.82) is 0 Å². The van der Waals surface area contributed by atoms with Crippen molar-refractivity contribution in [3.63, 3.8) is 0 Å². The number of pyridine rings is 1. The minimum atomic E-state index is -0.231. The predicted molar refractivity (Wildman–Crippen MR) is 121 cm³/mol. The highest BCUT2D eigenvalue weighted by Crippen LogP contribution is 2.18. The summed E-state index contributed by atoms with van der Waals surface area (Å²) in [7, 11) is 0. The van der Waals surface area contributed by atoms with Gasteiger partial charge < -0.3 is 4.90 Å². The Hall–Kier alpha value is -3.80. The Morgan fingerprint density at radius 2 is 1.61 bits per heavy atom. The maximum absolute atomic E-state index is 13.8. The maximum atomic E-state index is 13.8. The monoisotopic (exact) mass is 412 g/mol. The number of carbonyl (C=O) groups is 1. The average Bonchev–Trinajstić information content (AvgIpc) is 2.79. The molecule has 0 atom stereocenters. The summed E-state index contributed by atoms with van der Waals surface area (Å²) < 4.78 is 1.35. The van der Waals surface area contributed by atoms with E-state index in [2.05, 4.69) is 10.1 Å². The van der Waals surface area contributed by atoms with Gasteiger partial charge in [0.25, 0.3) is 11.5 Å². The molecule has 156 valence electrons. The second-order valence-electron chi connectivity index (χ2n) is 7.43. The minimum Gasteiger partial charge on any atom is -0.327 e. The fourth-order valence-corrected chi connectivity index (χ4v) is 3.64. The Bertz CT molecular complexity index is 1280. The Morgan fingerprint density at radius 1 is 0.903 bits per heavy atom. The van der Waals surface area contributed by atoms with Crippen molar-refractivity contribution in [3.8, 4) is 0 Å². The van der Waals surface area contributed by atoms with E-state index in [-0.39, 0.29) is 17.2 Å². The van der Waals surface area contributed by atoms with Crippen LogP contribution in [0.25, 0.3) is 10.8 Å². The van der Waals surface area contributed by atoms with E-state index in [1.165, 1.54) is 4.68 Å². The van der Waals surface area contributed by atoms with Crippen LogP contribution >= 0.6 is 0 Å². The molecule has 4 aromatic rings. The van der Waals surface area contributed by atoms with Gasteiger partial charge in [-0.15, -0.1) is 0 Å².